The van der Waals surface area contributed by atoms with Crippen LogP contribution in [0.5, 0.6) is 0 Å². The molecule has 2 aromatic carbocycles. The first-order valence-corrected chi connectivity index (χ1v) is 12.7. The summed E-state index contributed by atoms with van der Waals surface area (Å²) < 4.78 is 54.1. The number of anilines is 2. The smallest absolute Gasteiger partial charge is 0.243 e. The van der Waals surface area contributed by atoms with Crippen LogP contribution in [0.2, 0.25) is 0 Å². The molecule has 0 aliphatic heterocycles. The molecule has 0 aliphatic rings. The molecule has 4 N–H and O–H groups in total. The van der Waals surface area contributed by atoms with E-state index in [0.29, 0.717) is 11.4 Å². The summed E-state index contributed by atoms with van der Waals surface area (Å²) in [6.45, 7) is 1.50. The lowest BCUT2D eigenvalue weighted by molar-refractivity contribution is -0.115. The number of hydrogen-bond donors (Lipinski definition) is 4. The minimum atomic E-state index is -4.02. The zero-order valence-electron chi connectivity index (χ0n) is 18.1. The van der Waals surface area contributed by atoms with Gasteiger partial charge in [-0.2, -0.15) is 4.31 Å². The van der Waals surface area contributed by atoms with Crippen molar-refractivity contribution in [2.24, 2.45) is 0 Å². The summed E-state index contributed by atoms with van der Waals surface area (Å²) in [7, 11) is -7.95. The summed E-state index contributed by atoms with van der Waals surface area (Å²) >= 11 is 0. The molecule has 0 saturated heterocycles. The highest BCUT2D eigenvalue weighted by atomic mass is 32.2. The lowest BCUT2D eigenvalue weighted by Gasteiger charge is -2.21. The standard InChI is InChI=1S/C20H26N4O7S2/c1-15(26)22-17-3-7-19(8-4-17)32(28,29)21-11-12-24(13-14-25)33(30,31)20-9-5-18(6-10-20)23-16(2)27/h3-10,21,25H,11-14H2,1-2H3,(H,22,26)(H,23,27). The molecule has 11 nitrogen and oxygen atoms in total. The van der Waals surface area contributed by atoms with Crippen LogP contribution >= 0.6 is 0 Å². The maximum Gasteiger partial charge on any atom is 0.243 e. The Morgan fingerprint density at radius 3 is 1.67 bits per heavy atom. The molecule has 13 heteroatoms. The predicted octanol–water partition coefficient (Wildman–Crippen LogP) is 0.565. The highest BCUT2D eigenvalue weighted by molar-refractivity contribution is 7.89. The molecule has 0 bridgehead atoms. The molecule has 0 aliphatic carbocycles. The van der Waals surface area contributed by atoms with E-state index in [0.717, 1.165) is 4.31 Å². The number of benzene rings is 2. The molecular weight excluding hydrogens is 472 g/mol. The summed E-state index contributed by atoms with van der Waals surface area (Å²) in [6.07, 6.45) is 0. The average molecular weight is 499 g/mol. The van der Waals surface area contributed by atoms with Crippen LogP contribution in [0.15, 0.2) is 58.3 Å². The Bertz CT molecular complexity index is 1180. The number of aliphatic hydroxyl groups excluding tert-OH is 1. The number of amides is 2. The Balaban J connectivity index is 2.08. The van der Waals surface area contributed by atoms with Gasteiger partial charge in [0.05, 0.1) is 16.4 Å². The minimum absolute atomic E-state index is 0.0540. The van der Waals surface area contributed by atoms with Gasteiger partial charge in [-0.3, -0.25) is 9.59 Å². The van der Waals surface area contributed by atoms with Crippen LogP contribution in [0.4, 0.5) is 11.4 Å². The van der Waals surface area contributed by atoms with E-state index >= 15 is 0 Å². The van der Waals surface area contributed by atoms with E-state index in [1.54, 1.807) is 0 Å². The Morgan fingerprint density at radius 2 is 1.24 bits per heavy atom. The number of hydrogen-bond acceptors (Lipinski definition) is 7. The maximum atomic E-state index is 12.9. The van der Waals surface area contributed by atoms with Crippen molar-refractivity contribution in [3.05, 3.63) is 48.5 Å². The Labute approximate surface area is 192 Å². The van der Waals surface area contributed by atoms with Gasteiger partial charge < -0.3 is 15.7 Å². The molecule has 33 heavy (non-hydrogen) atoms. The maximum absolute atomic E-state index is 12.9. The van der Waals surface area contributed by atoms with Crippen molar-refractivity contribution < 1.29 is 31.5 Å². The van der Waals surface area contributed by atoms with Gasteiger partial charge in [0, 0.05) is 44.9 Å². The molecule has 0 spiro atoms. The van der Waals surface area contributed by atoms with Gasteiger partial charge in [-0.1, -0.05) is 0 Å². The number of nitrogens with zero attached hydrogens (tertiary/aromatic N) is 1. The zero-order chi connectivity index (χ0) is 24.6. The summed E-state index contributed by atoms with van der Waals surface area (Å²) in [5, 5.41) is 14.4. The van der Waals surface area contributed by atoms with Crippen LogP contribution in [-0.2, 0) is 29.6 Å². The molecule has 2 rings (SSSR count). The third-order valence-corrected chi connectivity index (χ3v) is 7.69. The summed E-state index contributed by atoms with van der Waals surface area (Å²) in [5.41, 5.74) is 0.860. The second kappa shape index (κ2) is 11.3. The fourth-order valence-electron chi connectivity index (χ4n) is 2.83. The average Bonchev–Trinajstić information content (AvgIpc) is 2.73. The molecule has 0 radical (unpaired) electrons. The second-order valence-corrected chi connectivity index (χ2v) is 10.6. The second-order valence-electron chi connectivity index (χ2n) is 6.94. The number of sulfonamides is 2. The number of rotatable bonds is 11. The molecule has 0 heterocycles. The van der Waals surface area contributed by atoms with Gasteiger partial charge in [-0.15, -0.1) is 0 Å². The normalized spacial score (nSPS) is 11.9. The first-order valence-electron chi connectivity index (χ1n) is 9.81. The third kappa shape index (κ3) is 7.61. The van der Waals surface area contributed by atoms with Gasteiger partial charge in [-0.05, 0) is 48.5 Å². The lowest BCUT2D eigenvalue weighted by Crippen LogP contribution is -2.40. The van der Waals surface area contributed by atoms with Gasteiger partial charge in [0.25, 0.3) is 0 Å². The van der Waals surface area contributed by atoms with Gasteiger partial charge >= 0.3 is 0 Å². The minimum Gasteiger partial charge on any atom is -0.395 e. The van der Waals surface area contributed by atoms with Gasteiger partial charge in [0.2, 0.25) is 31.9 Å². The highest BCUT2D eigenvalue weighted by Crippen LogP contribution is 2.19. The van der Waals surface area contributed by atoms with E-state index < -0.39 is 26.7 Å². The Kier molecular flexibility index (Phi) is 9.07. The molecule has 0 aromatic heterocycles. The number of aliphatic hydroxyl groups is 1. The first-order chi connectivity index (χ1) is 15.5. The molecule has 0 unspecified atom stereocenters. The monoisotopic (exact) mass is 498 g/mol. The third-order valence-electron chi connectivity index (χ3n) is 4.30. The van der Waals surface area contributed by atoms with E-state index in [1.807, 2.05) is 0 Å². The number of carbonyl (C=O) groups excluding carboxylic acids is 2. The van der Waals surface area contributed by atoms with E-state index in [-0.39, 0.29) is 41.2 Å². The van der Waals surface area contributed by atoms with Crippen molar-refractivity contribution in [3.8, 4) is 0 Å². The van der Waals surface area contributed by atoms with Crippen LogP contribution < -0.4 is 15.4 Å². The topological polar surface area (TPSA) is 162 Å². The van der Waals surface area contributed by atoms with Crippen molar-refractivity contribution in [1.82, 2.24) is 9.03 Å². The van der Waals surface area contributed by atoms with Crippen molar-refractivity contribution in [1.29, 1.82) is 0 Å². The van der Waals surface area contributed by atoms with E-state index in [9.17, 15) is 31.5 Å². The zero-order valence-corrected chi connectivity index (χ0v) is 19.7. The first kappa shape index (κ1) is 26.4. The highest BCUT2D eigenvalue weighted by Gasteiger charge is 2.24. The number of carbonyl (C=O) groups is 2. The van der Waals surface area contributed by atoms with Crippen molar-refractivity contribution in [2.75, 3.05) is 36.9 Å². The summed E-state index contributed by atoms with van der Waals surface area (Å²) in [6, 6.07) is 11.0. The molecule has 2 amide bonds. The largest absolute Gasteiger partial charge is 0.395 e. The molecule has 0 fully saturated rings. The van der Waals surface area contributed by atoms with E-state index in [2.05, 4.69) is 15.4 Å². The van der Waals surface area contributed by atoms with Crippen molar-refractivity contribution in [3.63, 3.8) is 0 Å². The molecule has 0 atom stereocenters. The van der Waals surface area contributed by atoms with E-state index in [1.165, 1.54) is 62.4 Å². The van der Waals surface area contributed by atoms with Crippen LogP contribution in [-0.4, -0.2) is 64.3 Å². The van der Waals surface area contributed by atoms with Gasteiger partial charge in [0.1, 0.15) is 0 Å². The molecule has 0 saturated carbocycles. The predicted molar refractivity (Wildman–Crippen MR) is 123 cm³/mol. The molecule has 180 valence electrons. The molecule has 2 aromatic rings. The summed E-state index contributed by atoms with van der Waals surface area (Å²) in [4.78, 5) is 22.1. The van der Waals surface area contributed by atoms with E-state index in [4.69, 9.17) is 0 Å². The molecular formula is C20H26N4O7S2. The quantitative estimate of drug-likeness (QED) is 0.352. The van der Waals surface area contributed by atoms with Gasteiger partial charge in [-0.25, -0.2) is 21.6 Å². The van der Waals surface area contributed by atoms with Crippen LogP contribution in [0, 0.1) is 0 Å². The van der Waals surface area contributed by atoms with Crippen molar-refractivity contribution in [2.45, 2.75) is 23.6 Å². The lowest BCUT2D eigenvalue weighted by atomic mass is 10.3. The summed E-state index contributed by atoms with van der Waals surface area (Å²) in [5.74, 6) is -0.594. The van der Waals surface area contributed by atoms with Crippen LogP contribution in [0.25, 0.3) is 0 Å². The fraction of sp³-hybridized carbons (Fsp3) is 0.300. The SMILES string of the molecule is CC(=O)Nc1ccc(S(=O)(=O)NCCN(CCO)S(=O)(=O)c2ccc(NC(C)=O)cc2)cc1. The Morgan fingerprint density at radius 1 is 0.788 bits per heavy atom. The fourth-order valence-corrected chi connectivity index (χ4v) is 5.29. The van der Waals surface area contributed by atoms with Crippen LogP contribution in [0.3, 0.4) is 0 Å². The van der Waals surface area contributed by atoms with Crippen molar-refractivity contribution >= 4 is 43.2 Å². The van der Waals surface area contributed by atoms with Crippen LogP contribution in [0.1, 0.15) is 13.8 Å². The Hall–Kier alpha value is -2.84. The number of nitrogens with one attached hydrogen (secondary N) is 3. The van der Waals surface area contributed by atoms with Gasteiger partial charge in [0.15, 0.2) is 0 Å².